The van der Waals surface area contributed by atoms with Crippen molar-refractivity contribution in [1.82, 2.24) is 10.3 Å². The second-order valence-corrected chi connectivity index (χ2v) is 11.1. The molecule has 1 N–H and O–H groups in total. The summed E-state index contributed by atoms with van der Waals surface area (Å²) < 4.78 is 23.1. The number of hydrogen-bond acceptors (Lipinski definition) is 5. The van der Waals surface area contributed by atoms with Crippen LogP contribution in [0.3, 0.4) is 0 Å². The fourth-order valence-corrected chi connectivity index (χ4v) is 6.00. The number of carbonyl (C=O) groups excluding carboxylic acids is 1. The van der Waals surface area contributed by atoms with Crippen LogP contribution < -0.4 is 5.32 Å². The molecule has 146 valence electrons. The Hall–Kier alpha value is -1.60. The number of aromatic nitrogens is 1. The van der Waals surface area contributed by atoms with Crippen LogP contribution in [-0.2, 0) is 14.6 Å². The number of fused-ring (bicyclic) bond motifs is 1. The highest BCUT2D eigenvalue weighted by Gasteiger charge is 2.30. The summed E-state index contributed by atoms with van der Waals surface area (Å²) in [6, 6.07) is 7.98. The highest BCUT2D eigenvalue weighted by Crippen LogP contribution is 2.31. The van der Waals surface area contributed by atoms with Crippen LogP contribution in [0.2, 0.25) is 0 Å². The highest BCUT2D eigenvalue weighted by molar-refractivity contribution is 8.00. The minimum absolute atomic E-state index is 0.0429. The first kappa shape index (κ1) is 20.1. The van der Waals surface area contributed by atoms with Crippen LogP contribution in [-0.4, -0.2) is 42.1 Å². The SMILES string of the molecule is Cc1cc(SC(C)C(=O)NC2CCS(=O)(=O)C2)nc2c(C(C)C)cccc12. The Morgan fingerprint density at radius 2 is 2.04 bits per heavy atom. The molecule has 0 saturated carbocycles. The van der Waals surface area contributed by atoms with Gasteiger partial charge in [0.1, 0.15) is 0 Å². The molecule has 2 aromatic rings. The molecule has 0 bridgehead atoms. The molecule has 2 atom stereocenters. The minimum Gasteiger partial charge on any atom is -0.351 e. The van der Waals surface area contributed by atoms with E-state index in [4.69, 9.17) is 4.98 Å². The maximum atomic E-state index is 12.5. The molecule has 1 aliphatic rings. The molecule has 0 spiro atoms. The molecule has 1 fully saturated rings. The summed E-state index contributed by atoms with van der Waals surface area (Å²) >= 11 is 1.41. The van der Waals surface area contributed by atoms with Gasteiger partial charge in [0.25, 0.3) is 0 Å². The van der Waals surface area contributed by atoms with E-state index in [9.17, 15) is 13.2 Å². The van der Waals surface area contributed by atoms with Crippen molar-refractivity contribution in [2.75, 3.05) is 11.5 Å². The topological polar surface area (TPSA) is 76.1 Å². The Labute approximate surface area is 165 Å². The molecule has 3 rings (SSSR count). The summed E-state index contributed by atoms with van der Waals surface area (Å²) in [7, 11) is -3.00. The molecule has 1 amide bonds. The summed E-state index contributed by atoms with van der Waals surface area (Å²) in [5.41, 5.74) is 3.33. The third-order valence-corrected chi connectivity index (χ3v) is 7.71. The zero-order valence-corrected chi connectivity index (χ0v) is 17.8. The number of para-hydroxylation sites is 1. The van der Waals surface area contributed by atoms with Crippen LogP contribution in [0.4, 0.5) is 0 Å². The molecule has 1 aromatic carbocycles. The van der Waals surface area contributed by atoms with Gasteiger partial charge in [0.2, 0.25) is 5.91 Å². The number of pyridine rings is 1. The van der Waals surface area contributed by atoms with Crippen molar-refractivity contribution in [2.45, 2.75) is 56.4 Å². The lowest BCUT2D eigenvalue weighted by Crippen LogP contribution is -2.39. The van der Waals surface area contributed by atoms with E-state index in [1.54, 1.807) is 0 Å². The van der Waals surface area contributed by atoms with Gasteiger partial charge in [0.15, 0.2) is 9.84 Å². The quantitative estimate of drug-likeness (QED) is 0.770. The molecule has 0 radical (unpaired) electrons. The summed E-state index contributed by atoms with van der Waals surface area (Å²) in [6.07, 6.45) is 0.497. The molecule has 1 saturated heterocycles. The Balaban J connectivity index is 1.77. The van der Waals surface area contributed by atoms with Gasteiger partial charge >= 0.3 is 0 Å². The van der Waals surface area contributed by atoms with E-state index in [2.05, 4.69) is 44.3 Å². The Morgan fingerprint density at radius 1 is 1.30 bits per heavy atom. The van der Waals surface area contributed by atoms with E-state index in [-0.39, 0.29) is 28.7 Å². The van der Waals surface area contributed by atoms with E-state index in [1.165, 1.54) is 17.3 Å². The number of sulfone groups is 1. The van der Waals surface area contributed by atoms with Gasteiger partial charge in [0.05, 0.1) is 27.3 Å². The first-order chi connectivity index (χ1) is 12.7. The molecule has 7 heteroatoms. The number of rotatable bonds is 5. The van der Waals surface area contributed by atoms with E-state index in [0.29, 0.717) is 12.3 Å². The second kappa shape index (κ2) is 7.80. The smallest absolute Gasteiger partial charge is 0.233 e. The number of benzene rings is 1. The van der Waals surface area contributed by atoms with E-state index in [1.807, 2.05) is 13.0 Å². The lowest BCUT2D eigenvalue weighted by atomic mass is 9.98. The standard InChI is InChI=1S/C20H26N2O3S2/c1-12(2)16-6-5-7-17-13(3)10-18(22-19(16)17)26-14(4)20(23)21-15-8-9-27(24,25)11-15/h5-7,10,12,14-15H,8-9,11H2,1-4H3,(H,21,23). The molecule has 1 aliphatic heterocycles. The van der Waals surface area contributed by atoms with Crippen LogP contribution in [0.1, 0.15) is 44.2 Å². The molecule has 2 heterocycles. The largest absolute Gasteiger partial charge is 0.351 e. The Bertz CT molecular complexity index is 971. The fraction of sp³-hybridized carbons (Fsp3) is 0.500. The molecular weight excluding hydrogens is 380 g/mol. The molecule has 5 nitrogen and oxygen atoms in total. The van der Waals surface area contributed by atoms with Crippen LogP contribution in [0.25, 0.3) is 10.9 Å². The van der Waals surface area contributed by atoms with Crippen LogP contribution in [0.5, 0.6) is 0 Å². The molecular formula is C20H26N2O3S2. The van der Waals surface area contributed by atoms with Crippen LogP contribution >= 0.6 is 11.8 Å². The van der Waals surface area contributed by atoms with Gasteiger partial charge in [-0.15, -0.1) is 0 Å². The predicted molar refractivity (Wildman–Crippen MR) is 111 cm³/mol. The highest BCUT2D eigenvalue weighted by atomic mass is 32.2. The van der Waals surface area contributed by atoms with Gasteiger partial charge < -0.3 is 5.32 Å². The van der Waals surface area contributed by atoms with Crippen molar-refractivity contribution in [2.24, 2.45) is 0 Å². The fourth-order valence-electron chi connectivity index (χ4n) is 3.40. The number of nitrogens with zero attached hydrogens (tertiary/aromatic N) is 1. The summed E-state index contributed by atoms with van der Waals surface area (Å²) in [4.78, 5) is 17.3. The Morgan fingerprint density at radius 3 is 2.67 bits per heavy atom. The van der Waals surface area contributed by atoms with Crippen molar-refractivity contribution < 1.29 is 13.2 Å². The zero-order chi connectivity index (χ0) is 19.8. The van der Waals surface area contributed by atoms with Gasteiger partial charge in [-0.05, 0) is 43.4 Å². The number of hydrogen-bond donors (Lipinski definition) is 1. The number of thioether (sulfide) groups is 1. The monoisotopic (exact) mass is 406 g/mol. The summed E-state index contributed by atoms with van der Waals surface area (Å²) in [5.74, 6) is 0.425. The maximum Gasteiger partial charge on any atom is 0.233 e. The van der Waals surface area contributed by atoms with Gasteiger partial charge in [-0.3, -0.25) is 4.79 Å². The van der Waals surface area contributed by atoms with Crippen LogP contribution in [0.15, 0.2) is 29.3 Å². The third-order valence-electron chi connectivity index (χ3n) is 4.92. The van der Waals surface area contributed by atoms with Crippen molar-refractivity contribution in [3.63, 3.8) is 0 Å². The Kier molecular flexibility index (Phi) is 5.82. The first-order valence-corrected chi connectivity index (χ1v) is 11.9. The zero-order valence-electron chi connectivity index (χ0n) is 16.2. The van der Waals surface area contributed by atoms with Gasteiger partial charge in [-0.1, -0.05) is 43.8 Å². The number of aryl methyl sites for hydroxylation is 1. The van der Waals surface area contributed by atoms with Gasteiger partial charge in [-0.2, -0.15) is 0 Å². The number of nitrogens with one attached hydrogen (secondary N) is 1. The van der Waals surface area contributed by atoms with E-state index in [0.717, 1.165) is 21.5 Å². The van der Waals surface area contributed by atoms with Crippen molar-refractivity contribution in [3.05, 3.63) is 35.4 Å². The summed E-state index contributed by atoms with van der Waals surface area (Å²) in [5, 5.41) is 4.48. The molecule has 27 heavy (non-hydrogen) atoms. The second-order valence-electron chi connectivity index (χ2n) is 7.54. The third kappa shape index (κ3) is 4.63. The molecule has 0 aliphatic carbocycles. The maximum absolute atomic E-state index is 12.5. The van der Waals surface area contributed by atoms with Crippen molar-refractivity contribution in [3.8, 4) is 0 Å². The lowest BCUT2D eigenvalue weighted by molar-refractivity contribution is -0.120. The molecule has 2 unspecified atom stereocenters. The lowest BCUT2D eigenvalue weighted by Gasteiger charge is -2.17. The van der Waals surface area contributed by atoms with E-state index < -0.39 is 9.84 Å². The first-order valence-electron chi connectivity index (χ1n) is 9.24. The number of carbonyl (C=O) groups is 1. The summed E-state index contributed by atoms with van der Waals surface area (Å²) in [6.45, 7) is 8.19. The predicted octanol–water partition coefficient (Wildman–Crippen LogP) is 3.45. The van der Waals surface area contributed by atoms with Crippen molar-refractivity contribution >= 4 is 38.4 Å². The average Bonchev–Trinajstić information content (AvgIpc) is 2.92. The van der Waals surface area contributed by atoms with E-state index >= 15 is 0 Å². The molecule has 1 aromatic heterocycles. The van der Waals surface area contributed by atoms with Gasteiger partial charge in [0, 0.05) is 11.4 Å². The minimum atomic E-state index is -3.00. The average molecular weight is 407 g/mol. The normalized spacial score (nSPS) is 20.1. The van der Waals surface area contributed by atoms with Crippen molar-refractivity contribution in [1.29, 1.82) is 0 Å². The van der Waals surface area contributed by atoms with Crippen LogP contribution in [0, 0.1) is 6.92 Å². The number of amides is 1. The van der Waals surface area contributed by atoms with Gasteiger partial charge in [-0.25, -0.2) is 13.4 Å².